The molecule has 0 aliphatic rings. The van der Waals surface area contributed by atoms with Crippen molar-refractivity contribution in [1.82, 2.24) is 0 Å². The molecule has 0 amide bonds. The molecule has 3 N–H and O–H groups in total. The average Bonchev–Trinajstić information content (AvgIpc) is 1.88. The molecule has 4 heteroatoms. The third kappa shape index (κ3) is 2.93. The van der Waals surface area contributed by atoms with Crippen LogP contribution in [0.15, 0.2) is 24.3 Å². The largest absolute Gasteiger partial charge is 1.00 e. The van der Waals surface area contributed by atoms with Gasteiger partial charge in [-0.3, -0.25) is 0 Å². The van der Waals surface area contributed by atoms with Crippen LogP contribution < -0.4 is 35.3 Å². The van der Waals surface area contributed by atoms with E-state index in [-0.39, 0.29) is 36.5 Å². The maximum Gasteiger partial charge on any atom is 1.00 e. The number of carbonyl (C=O) groups is 1. The minimum atomic E-state index is -0.931. The smallest absolute Gasteiger partial charge is 1.00 e. The van der Waals surface area contributed by atoms with Crippen molar-refractivity contribution in [3.8, 4) is 0 Å². The first-order chi connectivity index (χ1) is 4.70. The van der Waals surface area contributed by atoms with E-state index in [1.165, 1.54) is 12.1 Å². The van der Waals surface area contributed by atoms with Gasteiger partial charge in [-0.1, -0.05) is 0 Å². The van der Waals surface area contributed by atoms with Crippen molar-refractivity contribution in [1.29, 1.82) is 0 Å². The summed E-state index contributed by atoms with van der Waals surface area (Å²) in [4.78, 5) is 10.3. The Kier molecular flexibility index (Phi) is 4.18. The predicted molar refractivity (Wildman–Crippen MR) is 38.9 cm³/mol. The Bertz CT molecular complexity index is 250. The van der Waals surface area contributed by atoms with E-state index >= 15 is 0 Å². The van der Waals surface area contributed by atoms with Gasteiger partial charge in [-0.15, -0.1) is 0 Å². The quantitative estimate of drug-likeness (QED) is 0.373. The number of rotatable bonds is 1. The second-order valence-electron chi connectivity index (χ2n) is 1.93. The van der Waals surface area contributed by atoms with Crippen LogP contribution in [0.3, 0.4) is 0 Å². The fourth-order valence-electron chi connectivity index (χ4n) is 0.626. The Morgan fingerprint density at radius 2 is 1.82 bits per heavy atom. The zero-order valence-corrected chi connectivity index (χ0v) is 8.24. The fraction of sp³-hybridized carbons (Fsp3) is 0. The molecule has 0 aliphatic carbocycles. The molecule has 0 radical (unpaired) electrons. The Labute approximate surface area is 88.0 Å². The molecule has 0 aliphatic heterocycles. The summed E-state index contributed by atoms with van der Waals surface area (Å²) in [5, 5.41) is 8.43. The number of aromatic carboxylic acids is 1. The molecule has 1 aromatic rings. The van der Waals surface area contributed by atoms with Gasteiger partial charge < -0.3 is 12.3 Å². The maximum atomic E-state index is 10.3. The zero-order valence-electron chi connectivity index (χ0n) is 7.24. The fourth-order valence-corrected chi connectivity index (χ4v) is 0.626. The number of benzene rings is 1. The van der Waals surface area contributed by atoms with Crippen LogP contribution in [0.1, 0.15) is 11.8 Å². The van der Waals surface area contributed by atoms with E-state index in [0.29, 0.717) is 5.69 Å². The molecule has 0 heterocycles. The first kappa shape index (κ1) is 10.5. The molecule has 11 heavy (non-hydrogen) atoms. The maximum absolute atomic E-state index is 10.3. The molecule has 0 aromatic heterocycles. The van der Waals surface area contributed by atoms with Crippen LogP contribution in [0.2, 0.25) is 0 Å². The number of anilines is 1. The van der Waals surface area contributed by atoms with Gasteiger partial charge in [0.1, 0.15) is 0 Å². The van der Waals surface area contributed by atoms with Gasteiger partial charge in [0, 0.05) is 5.69 Å². The number of nitrogen functional groups attached to an aromatic ring is 1. The average molecular weight is 161 g/mol. The van der Waals surface area contributed by atoms with Gasteiger partial charge in [0.2, 0.25) is 0 Å². The van der Waals surface area contributed by atoms with E-state index in [1.54, 1.807) is 12.1 Å². The van der Waals surface area contributed by atoms with E-state index in [1.807, 2.05) is 0 Å². The number of carboxylic acid groups (broad SMARTS) is 1. The van der Waals surface area contributed by atoms with E-state index in [2.05, 4.69) is 0 Å². The Morgan fingerprint density at radius 1 is 1.36 bits per heavy atom. The minimum absolute atomic E-state index is 0. The molecule has 1 aromatic carbocycles. The van der Waals surface area contributed by atoms with Crippen molar-refractivity contribution in [3.05, 3.63) is 29.8 Å². The molecular formula is C7H8NNaO2. The summed E-state index contributed by atoms with van der Waals surface area (Å²) < 4.78 is 0. The van der Waals surface area contributed by atoms with Gasteiger partial charge in [0.25, 0.3) is 0 Å². The first-order valence-electron chi connectivity index (χ1n) is 2.79. The number of hydrogen-bond donors (Lipinski definition) is 2. The van der Waals surface area contributed by atoms with E-state index < -0.39 is 5.97 Å². The number of hydrogen-bond acceptors (Lipinski definition) is 2. The standard InChI is InChI=1S/C7H7NO2.Na.H/c8-6-3-1-5(2-4-6)7(9)10;;/h1-4H,8H2,(H,9,10);;/q;+1;-1. The molecule has 0 saturated heterocycles. The van der Waals surface area contributed by atoms with Crippen LogP contribution in [-0.2, 0) is 0 Å². The topological polar surface area (TPSA) is 63.3 Å². The van der Waals surface area contributed by atoms with Crippen molar-refractivity contribution in [2.45, 2.75) is 0 Å². The van der Waals surface area contributed by atoms with Crippen molar-refractivity contribution in [2.75, 3.05) is 5.73 Å². The van der Waals surface area contributed by atoms with Crippen LogP contribution in [0.25, 0.3) is 0 Å². The summed E-state index contributed by atoms with van der Waals surface area (Å²) in [5.74, 6) is -0.931. The Balaban J connectivity index is 0. The number of nitrogens with two attached hydrogens (primary N) is 1. The second kappa shape index (κ2) is 4.38. The summed E-state index contributed by atoms with van der Waals surface area (Å²) in [6, 6.07) is 6.06. The normalized spacial score (nSPS) is 8.36. The Morgan fingerprint density at radius 3 is 2.18 bits per heavy atom. The molecule has 0 saturated carbocycles. The monoisotopic (exact) mass is 161 g/mol. The number of carboxylic acids is 1. The molecular weight excluding hydrogens is 153 g/mol. The summed E-state index contributed by atoms with van der Waals surface area (Å²) in [5.41, 5.74) is 6.17. The molecule has 3 nitrogen and oxygen atoms in total. The molecule has 0 atom stereocenters. The van der Waals surface area contributed by atoms with Gasteiger partial charge in [0.15, 0.2) is 0 Å². The molecule has 54 valence electrons. The summed E-state index contributed by atoms with van der Waals surface area (Å²) in [6.07, 6.45) is 0. The third-order valence-corrected chi connectivity index (χ3v) is 1.16. The molecule has 0 unspecified atom stereocenters. The van der Waals surface area contributed by atoms with E-state index in [0.717, 1.165) is 0 Å². The van der Waals surface area contributed by atoms with Gasteiger partial charge in [0.05, 0.1) is 5.56 Å². The van der Waals surface area contributed by atoms with Gasteiger partial charge in [-0.25, -0.2) is 4.79 Å². The van der Waals surface area contributed by atoms with Crippen molar-refractivity contribution < 1.29 is 40.9 Å². The van der Waals surface area contributed by atoms with E-state index in [9.17, 15) is 4.79 Å². The Hall–Kier alpha value is -0.510. The minimum Gasteiger partial charge on any atom is -1.00 e. The first-order valence-corrected chi connectivity index (χ1v) is 2.79. The van der Waals surface area contributed by atoms with Gasteiger partial charge in [-0.05, 0) is 24.3 Å². The van der Waals surface area contributed by atoms with Gasteiger partial charge in [-0.2, -0.15) is 0 Å². The van der Waals surface area contributed by atoms with Crippen LogP contribution in [0.5, 0.6) is 0 Å². The van der Waals surface area contributed by atoms with Crippen LogP contribution >= 0.6 is 0 Å². The van der Waals surface area contributed by atoms with Gasteiger partial charge >= 0.3 is 35.5 Å². The van der Waals surface area contributed by atoms with Crippen molar-refractivity contribution in [2.24, 2.45) is 0 Å². The molecule has 1 rings (SSSR count). The SMILES string of the molecule is Nc1ccc(C(=O)O)cc1.[H-].[Na+]. The van der Waals surface area contributed by atoms with Crippen LogP contribution in [0.4, 0.5) is 5.69 Å². The van der Waals surface area contributed by atoms with Crippen LogP contribution in [0, 0.1) is 0 Å². The third-order valence-electron chi connectivity index (χ3n) is 1.16. The predicted octanol–water partition coefficient (Wildman–Crippen LogP) is -1.92. The summed E-state index contributed by atoms with van der Waals surface area (Å²) in [7, 11) is 0. The molecule has 0 bridgehead atoms. The molecule has 0 spiro atoms. The van der Waals surface area contributed by atoms with Crippen molar-refractivity contribution >= 4 is 11.7 Å². The summed E-state index contributed by atoms with van der Waals surface area (Å²) in [6.45, 7) is 0. The van der Waals surface area contributed by atoms with Crippen molar-refractivity contribution in [3.63, 3.8) is 0 Å². The zero-order chi connectivity index (χ0) is 7.56. The van der Waals surface area contributed by atoms with E-state index in [4.69, 9.17) is 10.8 Å². The second-order valence-corrected chi connectivity index (χ2v) is 1.93. The van der Waals surface area contributed by atoms with Crippen LogP contribution in [-0.4, -0.2) is 11.1 Å². The molecule has 0 fully saturated rings. The summed E-state index contributed by atoms with van der Waals surface area (Å²) >= 11 is 0.